The second kappa shape index (κ2) is 9.16. The Morgan fingerprint density at radius 2 is 1.80 bits per heavy atom. The quantitative estimate of drug-likeness (QED) is 0.588. The zero-order valence-electron chi connectivity index (χ0n) is 17.2. The largest absolute Gasteiger partial charge is 0.322 e. The average Bonchev–Trinajstić information content (AvgIpc) is 3.20. The van der Waals surface area contributed by atoms with E-state index >= 15 is 0 Å². The van der Waals surface area contributed by atoms with Crippen molar-refractivity contribution in [3.05, 3.63) is 69.7 Å². The minimum absolute atomic E-state index is 0.0309. The molecule has 1 aromatic heterocycles. The Balaban J connectivity index is 1.29. The highest BCUT2D eigenvalue weighted by Crippen LogP contribution is 2.26. The molecule has 0 radical (unpaired) electrons. The van der Waals surface area contributed by atoms with Gasteiger partial charge in [0, 0.05) is 54.4 Å². The van der Waals surface area contributed by atoms with Crippen LogP contribution >= 0.6 is 22.9 Å². The van der Waals surface area contributed by atoms with E-state index in [0.29, 0.717) is 13.1 Å². The van der Waals surface area contributed by atoms with Gasteiger partial charge >= 0.3 is 6.03 Å². The standard InChI is InChI=1S/C23H25ClN4OS/c1-16-3-8-20(13-17(16)2)26-23(29)28-11-9-27(10-12-28)14-21-15-30-22(25-21)18-4-6-19(24)7-5-18/h3-8,13,15H,9-12,14H2,1-2H3,(H,26,29). The SMILES string of the molecule is Cc1ccc(NC(=O)N2CCN(Cc3csc(-c4ccc(Cl)cc4)n3)CC2)cc1C. The van der Waals surface area contributed by atoms with Gasteiger partial charge in [-0.15, -0.1) is 11.3 Å². The molecular formula is C23H25ClN4OS. The Kier molecular flexibility index (Phi) is 6.37. The van der Waals surface area contributed by atoms with E-state index in [1.54, 1.807) is 11.3 Å². The number of nitrogens with one attached hydrogen (secondary N) is 1. The zero-order valence-corrected chi connectivity index (χ0v) is 18.8. The summed E-state index contributed by atoms with van der Waals surface area (Å²) >= 11 is 7.62. The lowest BCUT2D eigenvalue weighted by atomic mass is 10.1. The maximum absolute atomic E-state index is 12.6. The van der Waals surface area contributed by atoms with Crippen LogP contribution in [0.15, 0.2) is 47.8 Å². The van der Waals surface area contributed by atoms with Crippen LogP contribution in [-0.2, 0) is 6.54 Å². The molecule has 7 heteroatoms. The van der Waals surface area contributed by atoms with E-state index in [1.807, 2.05) is 47.4 Å². The highest BCUT2D eigenvalue weighted by Gasteiger charge is 2.22. The van der Waals surface area contributed by atoms with Gasteiger partial charge in [0.05, 0.1) is 5.69 Å². The number of halogens is 1. The fourth-order valence-corrected chi connectivity index (χ4v) is 4.41. The van der Waals surface area contributed by atoms with Crippen molar-refractivity contribution in [1.82, 2.24) is 14.8 Å². The number of amides is 2. The molecule has 1 aliphatic rings. The Morgan fingerprint density at radius 1 is 1.07 bits per heavy atom. The van der Waals surface area contributed by atoms with Crippen LogP contribution in [0, 0.1) is 13.8 Å². The van der Waals surface area contributed by atoms with Crippen molar-refractivity contribution in [2.24, 2.45) is 0 Å². The van der Waals surface area contributed by atoms with Crippen molar-refractivity contribution in [2.45, 2.75) is 20.4 Å². The third-order valence-corrected chi connectivity index (χ3v) is 6.64. The second-order valence-electron chi connectivity index (χ2n) is 7.64. The van der Waals surface area contributed by atoms with Gasteiger partial charge < -0.3 is 10.2 Å². The molecule has 30 heavy (non-hydrogen) atoms. The van der Waals surface area contributed by atoms with E-state index in [-0.39, 0.29) is 6.03 Å². The Bertz CT molecular complexity index is 1030. The third kappa shape index (κ3) is 5.01. The molecule has 1 fully saturated rings. The molecule has 1 saturated heterocycles. The van der Waals surface area contributed by atoms with Crippen molar-refractivity contribution >= 4 is 34.7 Å². The molecule has 2 heterocycles. The van der Waals surface area contributed by atoms with Crippen LogP contribution in [-0.4, -0.2) is 47.0 Å². The fraction of sp³-hybridized carbons (Fsp3) is 0.304. The van der Waals surface area contributed by atoms with Crippen LogP contribution in [0.2, 0.25) is 5.02 Å². The summed E-state index contributed by atoms with van der Waals surface area (Å²) in [7, 11) is 0. The van der Waals surface area contributed by atoms with E-state index in [4.69, 9.17) is 16.6 Å². The molecule has 156 valence electrons. The number of hydrogen-bond acceptors (Lipinski definition) is 4. The molecule has 0 bridgehead atoms. The van der Waals surface area contributed by atoms with Gasteiger partial charge in [-0.05, 0) is 49.2 Å². The first kappa shape index (κ1) is 20.8. The van der Waals surface area contributed by atoms with Crippen molar-refractivity contribution in [2.75, 3.05) is 31.5 Å². The molecular weight excluding hydrogens is 416 g/mol. The predicted molar refractivity (Wildman–Crippen MR) is 124 cm³/mol. The number of aryl methyl sites for hydroxylation is 2. The smallest absolute Gasteiger partial charge is 0.321 e. The van der Waals surface area contributed by atoms with Gasteiger partial charge in [-0.25, -0.2) is 9.78 Å². The molecule has 0 atom stereocenters. The number of piperazine rings is 1. The van der Waals surface area contributed by atoms with Crippen LogP contribution in [0.1, 0.15) is 16.8 Å². The van der Waals surface area contributed by atoms with E-state index < -0.39 is 0 Å². The molecule has 3 aromatic rings. The van der Waals surface area contributed by atoms with Crippen LogP contribution in [0.3, 0.4) is 0 Å². The Morgan fingerprint density at radius 3 is 2.50 bits per heavy atom. The van der Waals surface area contributed by atoms with Gasteiger partial charge in [-0.3, -0.25) is 4.90 Å². The first-order chi connectivity index (χ1) is 14.5. The van der Waals surface area contributed by atoms with Gasteiger partial charge in [0.15, 0.2) is 0 Å². The van der Waals surface area contributed by atoms with E-state index in [2.05, 4.69) is 29.4 Å². The molecule has 0 aliphatic carbocycles. The van der Waals surface area contributed by atoms with Gasteiger partial charge in [0.25, 0.3) is 0 Å². The number of nitrogens with zero attached hydrogens (tertiary/aromatic N) is 3. The summed E-state index contributed by atoms with van der Waals surface area (Å²) in [5.41, 5.74) is 5.41. The van der Waals surface area contributed by atoms with Crippen molar-refractivity contribution < 1.29 is 4.79 Å². The van der Waals surface area contributed by atoms with Gasteiger partial charge in [-0.2, -0.15) is 0 Å². The molecule has 1 N–H and O–H groups in total. The normalized spacial score (nSPS) is 14.7. The summed E-state index contributed by atoms with van der Waals surface area (Å²) < 4.78 is 0. The number of rotatable bonds is 4. The number of anilines is 1. The number of carbonyl (C=O) groups excluding carboxylic acids is 1. The van der Waals surface area contributed by atoms with Crippen LogP contribution in [0.5, 0.6) is 0 Å². The molecule has 2 aromatic carbocycles. The first-order valence-electron chi connectivity index (χ1n) is 10.0. The van der Waals surface area contributed by atoms with Crippen molar-refractivity contribution in [1.29, 1.82) is 0 Å². The number of hydrogen-bond donors (Lipinski definition) is 1. The number of carbonyl (C=O) groups is 1. The number of benzene rings is 2. The van der Waals surface area contributed by atoms with Gasteiger partial charge in [-0.1, -0.05) is 29.8 Å². The molecule has 2 amide bonds. The summed E-state index contributed by atoms with van der Waals surface area (Å²) in [4.78, 5) is 21.6. The summed E-state index contributed by atoms with van der Waals surface area (Å²) in [6.07, 6.45) is 0. The average molecular weight is 441 g/mol. The maximum atomic E-state index is 12.6. The summed E-state index contributed by atoms with van der Waals surface area (Å²) in [6, 6.07) is 13.8. The molecule has 5 nitrogen and oxygen atoms in total. The van der Waals surface area contributed by atoms with Crippen molar-refractivity contribution in [3.8, 4) is 10.6 Å². The molecule has 0 spiro atoms. The highest BCUT2D eigenvalue weighted by molar-refractivity contribution is 7.13. The van der Waals surface area contributed by atoms with Crippen LogP contribution < -0.4 is 5.32 Å². The number of urea groups is 1. The number of thiazole rings is 1. The summed E-state index contributed by atoms with van der Waals surface area (Å²) in [5, 5.41) is 6.87. The van der Waals surface area contributed by atoms with E-state index in [9.17, 15) is 4.79 Å². The zero-order chi connectivity index (χ0) is 21.1. The van der Waals surface area contributed by atoms with Gasteiger partial charge in [0.2, 0.25) is 0 Å². The van der Waals surface area contributed by atoms with Crippen LogP contribution in [0.25, 0.3) is 10.6 Å². The lowest BCUT2D eigenvalue weighted by Crippen LogP contribution is -2.49. The van der Waals surface area contributed by atoms with E-state index in [1.165, 1.54) is 11.1 Å². The lowest BCUT2D eigenvalue weighted by molar-refractivity contribution is 0.142. The molecule has 0 unspecified atom stereocenters. The number of aromatic nitrogens is 1. The van der Waals surface area contributed by atoms with Crippen molar-refractivity contribution in [3.63, 3.8) is 0 Å². The summed E-state index contributed by atoms with van der Waals surface area (Å²) in [5.74, 6) is 0. The highest BCUT2D eigenvalue weighted by atomic mass is 35.5. The minimum atomic E-state index is -0.0309. The van der Waals surface area contributed by atoms with Crippen LogP contribution in [0.4, 0.5) is 10.5 Å². The predicted octanol–water partition coefficient (Wildman–Crippen LogP) is 5.43. The van der Waals surface area contributed by atoms with Gasteiger partial charge in [0.1, 0.15) is 5.01 Å². The molecule has 4 rings (SSSR count). The fourth-order valence-electron chi connectivity index (χ4n) is 3.46. The Hall–Kier alpha value is -2.41. The Labute approximate surface area is 186 Å². The molecule has 0 saturated carbocycles. The second-order valence-corrected chi connectivity index (χ2v) is 8.94. The topological polar surface area (TPSA) is 48.5 Å². The summed E-state index contributed by atoms with van der Waals surface area (Å²) in [6.45, 7) is 8.04. The monoisotopic (exact) mass is 440 g/mol. The minimum Gasteiger partial charge on any atom is -0.322 e. The van der Waals surface area contributed by atoms with E-state index in [0.717, 1.165) is 46.6 Å². The maximum Gasteiger partial charge on any atom is 0.321 e. The first-order valence-corrected chi connectivity index (χ1v) is 11.3. The lowest BCUT2D eigenvalue weighted by Gasteiger charge is -2.34. The molecule has 1 aliphatic heterocycles. The third-order valence-electron chi connectivity index (χ3n) is 5.45.